The number of halogens is 1. The third-order valence-electron chi connectivity index (χ3n) is 3.08. The first-order valence-corrected chi connectivity index (χ1v) is 7.09. The molecule has 0 aromatic rings. The monoisotopic (exact) mass is 292 g/mol. The van der Waals surface area contributed by atoms with Crippen LogP contribution >= 0.6 is 12.4 Å². The van der Waals surface area contributed by atoms with Gasteiger partial charge in [0.2, 0.25) is 5.91 Å². The first kappa shape index (κ1) is 21.0. The van der Waals surface area contributed by atoms with E-state index in [1.165, 1.54) is 0 Å². The minimum atomic E-state index is -0.257. The van der Waals surface area contributed by atoms with Crippen LogP contribution in [0, 0.1) is 11.3 Å². The lowest BCUT2D eigenvalue weighted by Gasteiger charge is -2.31. The molecule has 116 valence electrons. The molecule has 3 nitrogen and oxygen atoms in total. The highest BCUT2D eigenvalue weighted by molar-refractivity contribution is 5.85. The first-order valence-electron chi connectivity index (χ1n) is 7.09. The van der Waals surface area contributed by atoms with Crippen LogP contribution in [-0.2, 0) is 4.79 Å². The lowest BCUT2D eigenvalue weighted by Crippen LogP contribution is -2.52. The number of carbonyl (C=O) groups is 1. The Kier molecular flexibility index (Phi) is 9.74. The highest BCUT2D eigenvalue weighted by atomic mass is 35.5. The van der Waals surface area contributed by atoms with Crippen LogP contribution in [0.25, 0.3) is 0 Å². The molecule has 0 spiro atoms. The number of carbonyl (C=O) groups excluding carboxylic acids is 1. The smallest absolute Gasteiger partial charge is 0.220 e. The largest absolute Gasteiger partial charge is 0.350 e. The summed E-state index contributed by atoms with van der Waals surface area (Å²) in [6.07, 6.45) is 3.54. The van der Waals surface area contributed by atoms with Crippen molar-refractivity contribution >= 4 is 18.3 Å². The molecule has 0 bridgehead atoms. The first-order chi connectivity index (χ1) is 8.08. The van der Waals surface area contributed by atoms with E-state index in [-0.39, 0.29) is 23.9 Å². The van der Waals surface area contributed by atoms with Crippen molar-refractivity contribution in [2.75, 3.05) is 6.54 Å². The van der Waals surface area contributed by atoms with Gasteiger partial charge in [-0.2, -0.15) is 0 Å². The van der Waals surface area contributed by atoms with Crippen molar-refractivity contribution in [2.45, 2.75) is 72.8 Å². The van der Waals surface area contributed by atoms with E-state index in [0.29, 0.717) is 24.3 Å². The van der Waals surface area contributed by atoms with Gasteiger partial charge in [0.1, 0.15) is 0 Å². The summed E-state index contributed by atoms with van der Waals surface area (Å²) in [7, 11) is 0. The van der Waals surface area contributed by atoms with E-state index < -0.39 is 0 Å². The predicted molar refractivity (Wildman–Crippen MR) is 85.6 cm³/mol. The van der Waals surface area contributed by atoms with Crippen molar-refractivity contribution in [1.82, 2.24) is 5.32 Å². The van der Waals surface area contributed by atoms with E-state index in [1.807, 2.05) is 6.92 Å². The van der Waals surface area contributed by atoms with Gasteiger partial charge in [0.15, 0.2) is 0 Å². The Balaban J connectivity index is 0. The van der Waals surface area contributed by atoms with E-state index in [2.05, 4.69) is 39.9 Å². The van der Waals surface area contributed by atoms with E-state index in [1.54, 1.807) is 0 Å². The van der Waals surface area contributed by atoms with Gasteiger partial charge >= 0.3 is 0 Å². The van der Waals surface area contributed by atoms with Gasteiger partial charge in [-0.15, -0.1) is 12.4 Å². The second-order valence-corrected chi connectivity index (χ2v) is 7.33. The molecule has 0 aliphatic carbocycles. The SMILES string of the molecule is CC(C)CC(C)(CN)NC(=O)CCCC(C)(C)C.Cl. The fraction of sp³-hybridized carbons (Fsp3) is 0.933. The number of nitrogens with one attached hydrogen (secondary N) is 1. The average molecular weight is 293 g/mol. The highest BCUT2D eigenvalue weighted by Gasteiger charge is 2.25. The second-order valence-electron chi connectivity index (χ2n) is 7.33. The van der Waals surface area contributed by atoms with Gasteiger partial charge in [0, 0.05) is 18.5 Å². The van der Waals surface area contributed by atoms with Gasteiger partial charge in [0.25, 0.3) is 0 Å². The summed E-state index contributed by atoms with van der Waals surface area (Å²) in [5.74, 6) is 0.668. The Bertz CT molecular complexity index is 261. The van der Waals surface area contributed by atoms with Crippen molar-refractivity contribution in [2.24, 2.45) is 17.1 Å². The molecule has 0 heterocycles. The number of nitrogens with two attached hydrogens (primary N) is 1. The molecule has 0 saturated carbocycles. The molecule has 19 heavy (non-hydrogen) atoms. The zero-order valence-electron chi connectivity index (χ0n) is 13.5. The van der Waals surface area contributed by atoms with E-state index in [0.717, 1.165) is 19.3 Å². The molecule has 0 aromatic heterocycles. The van der Waals surface area contributed by atoms with Crippen molar-refractivity contribution in [3.63, 3.8) is 0 Å². The third kappa shape index (κ3) is 11.3. The van der Waals surface area contributed by atoms with Crippen molar-refractivity contribution < 1.29 is 4.79 Å². The van der Waals surface area contributed by atoms with Gasteiger partial charge in [-0.25, -0.2) is 0 Å². The Hall–Kier alpha value is -0.280. The average Bonchev–Trinajstić information content (AvgIpc) is 2.13. The van der Waals surface area contributed by atoms with Gasteiger partial charge in [-0.1, -0.05) is 34.6 Å². The maximum atomic E-state index is 11.9. The van der Waals surface area contributed by atoms with Crippen LogP contribution in [0.2, 0.25) is 0 Å². The van der Waals surface area contributed by atoms with Gasteiger partial charge in [-0.05, 0) is 37.5 Å². The van der Waals surface area contributed by atoms with Crippen LogP contribution < -0.4 is 11.1 Å². The topological polar surface area (TPSA) is 55.1 Å². The van der Waals surface area contributed by atoms with Crippen molar-refractivity contribution in [1.29, 1.82) is 0 Å². The van der Waals surface area contributed by atoms with Gasteiger partial charge in [0.05, 0.1) is 0 Å². The van der Waals surface area contributed by atoms with Crippen LogP contribution in [0.3, 0.4) is 0 Å². The van der Waals surface area contributed by atoms with Crippen molar-refractivity contribution in [3.8, 4) is 0 Å². The normalized spacial score (nSPS) is 14.7. The van der Waals surface area contributed by atoms with Crippen molar-refractivity contribution in [3.05, 3.63) is 0 Å². The van der Waals surface area contributed by atoms with Crippen LogP contribution in [0.15, 0.2) is 0 Å². The molecular formula is C15H33ClN2O. The lowest BCUT2D eigenvalue weighted by molar-refractivity contribution is -0.123. The molecule has 4 heteroatoms. The quantitative estimate of drug-likeness (QED) is 0.754. The molecule has 0 saturated heterocycles. The van der Waals surface area contributed by atoms with E-state index in [9.17, 15) is 4.79 Å². The standard InChI is InChI=1S/C15H32N2O.ClH/c1-12(2)10-15(6,11-16)17-13(18)8-7-9-14(3,4)5;/h12H,7-11,16H2,1-6H3,(H,17,18);1H. The summed E-state index contributed by atoms with van der Waals surface area (Å²) in [6.45, 7) is 13.4. The molecule has 0 aliphatic heterocycles. The van der Waals surface area contributed by atoms with Crippen LogP contribution in [0.5, 0.6) is 0 Å². The van der Waals surface area contributed by atoms with Crippen LogP contribution in [-0.4, -0.2) is 18.0 Å². The summed E-state index contributed by atoms with van der Waals surface area (Å²) >= 11 is 0. The molecule has 0 aromatic carbocycles. The predicted octanol–water partition coefficient (Wildman–Crippen LogP) is 3.50. The van der Waals surface area contributed by atoms with E-state index >= 15 is 0 Å². The fourth-order valence-corrected chi connectivity index (χ4v) is 2.26. The van der Waals surface area contributed by atoms with Crippen LogP contribution in [0.4, 0.5) is 0 Å². The van der Waals surface area contributed by atoms with Gasteiger partial charge in [-0.3, -0.25) is 4.79 Å². The van der Waals surface area contributed by atoms with Crippen LogP contribution in [0.1, 0.15) is 67.2 Å². The fourth-order valence-electron chi connectivity index (χ4n) is 2.26. The Morgan fingerprint density at radius 3 is 2.11 bits per heavy atom. The number of hydrogen-bond donors (Lipinski definition) is 2. The highest BCUT2D eigenvalue weighted by Crippen LogP contribution is 2.22. The summed E-state index contributed by atoms with van der Waals surface area (Å²) in [4.78, 5) is 11.9. The molecular weight excluding hydrogens is 260 g/mol. The Morgan fingerprint density at radius 1 is 1.21 bits per heavy atom. The Morgan fingerprint density at radius 2 is 1.74 bits per heavy atom. The molecule has 0 rings (SSSR count). The van der Waals surface area contributed by atoms with E-state index in [4.69, 9.17) is 5.73 Å². The Labute approximate surface area is 125 Å². The number of amides is 1. The maximum Gasteiger partial charge on any atom is 0.220 e. The summed E-state index contributed by atoms with van der Waals surface area (Å²) in [6, 6.07) is 0. The molecule has 0 radical (unpaired) electrons. The molecule has 1 atom stereocenters. The molecule has 0 fully saturated rings. The number of hydrogen-bond acceptors (Lipinski definition) is 2. The molecule has 1 unspecified atom stereocenters. The second kappa shape index (κ2) is 8.80. The molecule has 1 amide bonds. The van der Waals surface area contributed by atoms with Gasteiger partial charge < -0.3 is 11.1 Å². The zero-order chi connectivity index (χ0) is 14.4. The zero-order valence-corrected chi connectivity index (χ0v) is 14.3. The lowest BCUT2D eigenvalue weighted by atomic mass is 9.89. The molecule has 3 N–H and O–H groups in total. The summed E-state index contributed by atoms with van der Waals surface area (Å²) in [5, 5.41) is 3.10. The molecule has 0 aliphatic rings. The minimum absolute atomic E-state index is 0. The maximum absolute atomic E-state index is 11.9. The third-order valence-corrected chi connectivity index (χ3v) is 3.08. The summed E-state index contributed by atoms with van der Waals surface area (Å²) in [5.41, 5.74) is 5.83. The minimum Gasteiger partial charge on any atom is -0.350 e. The number of rotatable bonds is 7. The summed E-state index contributed by atoms with van der Waals surface area (Å²) < 4.78 is 0.